The van der Waals surface area contributed by atoms with Gasteiger partial charge < -0.3 is 19.7 Å². The van der Waals surface area contributed by atoms with Gasteiger partial charge in [0.15, 0.2) is 5.11 Å². The lowest BCUT2D eigenvalue weighted by atomic mass is 10.0. The first-order valence-electron chi connectivity index (χ1n) is 10.5. The maximum absolute atomic E-state index is 11.7. The molecule has 0 aliphatic carbocycles. The summed E-state index contributed by atoms with van der Waals surface area (Å²) in [6.45, 7) is 2.04. The Hall–Kier alpha value is -3.97. The van der Waals surface area contributed by atoms with E-state index >= 15 is 0 Å². The van der Waals surface area contributed by atoms with Crippen LogP contribution in [0.2, 0.25) is 0 Å². The molecule has 1 fully saturated rings. The fourth-order valence-corrected chi connectivity index (χ4v) is 4.59. The van der Waals surface area contributed by atoms with E-state index in [9.17, 15) is 9.90 Å². The molecule has 6 nitrogen and oxygen atoms in total. The highest BCUT2D eigenvalue weighted by molar-refractivity contribution is 7.80. The summed E-state index contributed by atoms with van der Waals surface area (Å²) in [6, 6.07) is 23.8. The van der Waals surface area contributed by atoms with Gasteiger partial charge in [-0.05, 0) is 67.2 Å². The van der Waals surface area contributed by atoms with Crippen LogP contribution in [-0.4, -0.2) is 21.2 Å². The summed E-state index contributed by atoms with van der Waals surface area (Å²) >= 11 is 5.74. The van der Waals surface area contributed by atoms with Gasteiger partial charge in [0.05, 0.1) is 17.3 Å². The predicted octanol–water partition coefficient (Wildman–Crippen LogP) is 5.53. The quantitative estimate of drug-likeness (QED) is 0.383. The molecule has 2 N–H and O–H groups in total. The first-order chi connectivity index (χ1) is 16.0. The fraction of sp³-hybridized carbons (Fsp3) is 0.115. The van der Waals surface area contributed by atoms with E-state index in [2.05, 4.69) is 16.4 Å². The molecule has 1 saturated heterocycles. The van der Waals surface area contributed by atoms with E-state index in [4.69, 9.17) is 16.6 Å². The van der Waals surface area contributed by atoms with Gasteiger partial charge in [-0.3, -0.25) is 4.98 Å². The molecule has 4 aromatic rings. The number of nitrogens with one attached hydrogen (secondary N) is 1. The van der Waals surface area contributed by atoms with Crippen LogP contribution < -0.4 is 10.2 Å². The van der Waals surface area contributed by atoms with Crippen LogP contribution in [-0.2, 0) is 0 Å². The second-order valence-corrected chi connectivity index (χ2v) is 8.28. The number of aromatic carboxylic acids is 1. The van der Waals surface area contributed by atoms with Crippen LogP contribution in [0.4, 0.5) is 5.69 Å². The molecule has 0 bridgehead atoms. The van der Waals surface area contributed by atoms with E-state index in [-0.39, 0.29) is 17.6 Å². The monoisotopic (exact) mass is 455 g/mol. The number of hydrogen-bond donors (Lipinski definition) is 2. The minimum Gasteiger partial charge on any atom is -0.478 e. The number of carboxylic acid groups (broad SMARTS) is 1. The maximum Gasteiger partial charge on any atom is 0.336 e. The average molecular weight is 456 g/mol. The highest BCUT2D eigenvalue weighted by atomic mass is 32.1. The molecule has 7 heteroatoms. The zero-order valence-corrected chi connectivity index (χ0v) is 18.6. The summed E-state index contributed by atoms with van der Waals surface area (Å²) in [5.74, 6) is 0.152. The van der Waals surface area contributed by atoms with Crippen molar-refractivity contribution in [1.82, 2.24) is 10.3 Å². The highest BCUT2D eigenvalue weighted by Crippen LogP contribution is 2.43. The van der Waals surface area contributed by atoms with Crippen molar-refractivity contribution >= 4 is 29.0 Å². The number of carboxylic acids is 1. The van der Waals surface area contributed by atoms with Crippen LogP contribution in [0.15, 0.2) is 89.5 Å². The predicted molar refractivity (Wildman–Crippen MR) is 130 cm³/mol. The van der Waals surface area contributed by atoms with Gasteiger partial charge >= 0.3 is 5.97 Å². The number of nitrogens with zero attached hydrogens (tertiary/aromatic N) is 2. The standard InChI is InChI=1S/C26H21N3O3S/c1-16-7-6-8-17(15-16)29-24(23(28-26(29)33)20-11-4-5-14-27-20)22-13-12-21(32-22)18-9-2-3-10-19(18)25(30)31/h2-15,23-24H,1H3,(H,28,33)(H,30,31)/t23-,24+/m1/s1. The van der Waals surface area contributed by atoms with E-state index in [0.29, 0.717) is 22.2 Å². The number of anilines is 1. The normalized spacial score (nSPS) is 17.7. The van der Waals surface area contributed by atoms with Crippen molar-refractivity contribution in [3.05, 3.63) is 108 Å². The van der Waals surface area contributed by atoms with Crippen LogP contribution in [0.5, 0.6) is 0 Å². The largest absolute Gasteiger partial charge is 0.478 e. The lowest BCUT2D eigenvalue weighted by Crippen LogP contribution is -2.29. The topological polar surface area (TPSA) is 78.6 Å². The number of pyridine rings is 1. The van der Waals surface area contributed by atoms with Gasteiger partial charge in [-0.25, -0.2) is 4.79 Å². The van der Waals surface area contributed by atoms with E-state index < -0.39 is 5.97 Å². The van der Waals surface area contributed by atoms with Gasteiger partial charge in [0.2, 0.25) is 0 Å². The van der Waals surface area contributed by atoms with Crippen molar-refractivity contribution in [2.45, 2.75) is 19.0 Å². The Morgan fingerprint density at radius 1 is 1.06 bits per heavy atom. The Morgan fingerprint density at radius 2 is 1.88 bits per heavy atom. The number of aromatic nitrogens is 1. The molecule has 0 unspecified atom stereocenters. The summed E-state index contributed by atoms with van der Waals surface area (Å²) in [6.07, 6.45) is 1.75. The number of thiocarbonyl (C=S) groups is 1. The Labute approximate surface area is 196 Å². The van der Waals surface area contributed by atoms with Crippen molar-refractivity contribution in [3.8, 4) is 11.3 Å². The number of rotatable bonds is 5. The van der Waals surface area contributed by atoms with Crippen molar-refractivity contribution < 1.29 is 14.3 Å². The van der Waals surface area contributed by atoms with Gasteiger partial charge in [-0.15, -0.1) is 0 Å². The molecule has 0 spiro atoms. The number of hydrogen-bond acceptors (Lipinski definition) is 4. The minimum atomic E-state index is -1.000. The molecule has 1 aliphatic rings. The van der Waals surface area contributed by atoms with Crippen LogP contribution >= 0.6 is 12.2 Å². The molecule has 2 aromatic carbocycles. The third kappa shape index (κ3) is 3.87. The zero-order chi connectivity index (χ0) is 22.9. The molecule has 5 rings (SSSR count). The van der Waals surface area contributed by atoms with E-state index in [1.165, 1.54) is 0 Å². The van der Waals surface area contributed by atoms with Gasteiger partial charge in [0, 0.05) is 17.4 Å². The minimum absolute atomic E-state index is 0.190. The van der Waals surface area contributed by atoms with Crippen LogP contribution in [0.25, 0.3) is 11.3 Å². The third-order valence-corrected chi connectivity index (χ3v) is 6.03. The molecule has 33 heavy (non-hydrogen) atoms. The maximum atomic E-state index is 11.7. The molecule has 164 valence electrons. The fourth-order valence-electron chi connectivity index (χ4n) is 4.24. The Balaban J connectivity index is 1.62. The number of furan rings is 1. The van der Waals surface area contributed by atoms with Crippen LogP contribution in [0.3, 0.4) is 0 Å². The first-order valence-corrected chi connectivity index (χ1v) is 10.9. The Bertz CT molecular complexity index is 1340. The number of aryl methyl sites for hydroxylation is 1. The second-order valence-electron chi connectivity index (χ2n) is 7.89. The van der Waals surface area contributed by atoms with Gasteiger partial charge in [-0.2, -0.15) is 0 Å². The number of benzene rings is 2. The lowest BCUT2D eigenvalue weighted by molar-refractivity contribution is 0.0697. The third-order valence-electron chi connectivity index (χ3n) is 5.72. The average Bonchev–Trinajstić information content (AvgIpc) is 3.44. The van der Waals surface area contributed by atoms with Crippen LogP contribution in [0.1, 0.15) is 39.5 Å². The molecule has 3 heterocycles. The molecule has 2 atom stereocenters. The van der Waals surface area contributed by atoms with E-state index in [1.54, 1.807) is 30.5 Å². The molecule has 1 aliphatic heterocycles. The van der Waals surface area contributed by atoms with Gasteiger partial charge in [0.1, 0.15) is 17.6 Å². The van der Waals surface area contributed by atoms with Crippen molar-refractivity contribution in [3.63, 3.8) is 0 Å². The molecule has 0 saturated carbocycles. The van der Waals surface area contributed by atoms with Crippen LogP contribution in [0, 0.1) is 6.92 Å². The summed E-state index contributed by atoms with van der Waals surface area (Å²) in [5, 5.41) is 13.6. The molecule has 0 amide bonds. The SMILES string of the molecule is Cc1cccc(N2C(=S)N[C@H](c3ccccn3)[C@@H]2c2ccc(-c3ccccc3C(=O)O)o2)c1. The number of carbonyl (C=O) groups is 1. The molecule has 2 aromatic heterocycles. The summed E-state index contributed by atoms with van der Waals surface area (Å²) in [4.78, 5) is 18.3. The highest BCUT2D eigenvalue weighted by Gasteiger charge is 2.42. The molecular formula is C26H21N3O3S. The lowest BCUT2D eigenvalue weighted by Gasteiger charge is -2.26. The summed E-state index contributed by atoms with van der Waals surface area (Å²) in [7, 11) is 0. The smallest absolute Gasteiger partial charge is 0.336 e. The summed E-state index contributed by atoms with van der Waals surface area (Å²) < 4.78 is 6.29. The molecule has 0 radical (unpaired) electrons. The van der Waals surface area contributed by atoms with Crippen molar-refractivity contribution in [2.24, 2.45) is 0 Å². The van der Waals surface area contributed by atoms with E-state index in [1.807, 2.05) is 60.4 Å². The Morgan fingerprint density at radius 3 is 2.64 bits per heavy atom. The van der Waals surface area contributed by atoms with E-state index in [0.717, 1.165) is 16.9 Å². The first kappa shape index (κ1) is 20.9. The zero-order valence-electron chi connectivity index (χ0n) is 17.8. The summed E-state index contributed by atoms with van der Waals surface area (Å²) in [5.41, 5.74) is 3.62. The van der Waals surface area contributed by atoms with Crippen molar-refractivity contribution in [1.29, 1.82) is 0 Å². The molecular weight excluding hydrogens is 434 g/mol. The van der Waals surface area contributed by atoms with Gasteiger partial charge in [-0.1, -0.05) is 36.4 Å². The van der Waals surface area contributed by atoms with Crippen molar-refractivity contribution in [2.75, 3.05) is 4.90 Å². The Kier molecular flexibility index (Phi) is 5.40. The van der Waals surface area contributed by atoms with Gasteiger partial charge in [0.25, 0.3) is 0 Å². The second kappa shape index (κ2) is 8.52.